The van der Waals surface area contributed by atoms with E-state index in [2.05, 4.69) is 22.2 Å². The SMILES string of the molecule is CCCCCNc1nc(C)cc(C(=O)N2CCN(c3ccccc3F)CC2)n1. The highest BCUT2D eigenvalue weighted by Crippen LogP contribution is 2.20. The van der Waals surface area contributed by atoms with Gasteiger partial charge in [-0.25, -0.2) is 14.4 Å². The minimum Gasteiger partial charge on any atom is -0.366 e. The number of para-hydroxylation sites is 1. The van der Waals surface area contributed by atoms with Crippen molar-refractivity contribution in [3.05, 3.63) is 47.5 Å². The molecule has 0 aliphatic carbocycles. The van der Waals surface area contributed by atoms with E-state index < -0.39 is 0 Å². The number of piperazine rings is 1. The summed E-state index contributed by atoms with van der Waals surface area (Å²) in [6.07, 6.45) is 3.35. The van der Waals surface area contributed by atoms with Crippen molar-refractivity contribution in [3.63, 3.8) is 0 Å². The number of carbonyl (C=O) groups is 1. The van der Waals surface area contributed by atoms with Crippen molar-refractivity contribution in [3.8, 4) is 0 Å². The fraction of sp³-hybridized carbons (Fsp3) is 0.476. The number of rotatable bonds is 7. The fourth-order valence-electron chi connectivity index (χ4n) is 3.35. The summed E-state index contributed by atoms with van der Waals surface area (Å²) in [6.45, 7) is 7.09. The second-order valence-corrected chi connectivity index (χ2v) is 7.08. The van der Waals surface area contributed by atoms with Crippen LogP contribution >= 0.6 is 0 Å². The monoisotopic (exact) mass is 385 g/mol. The van der Waals surface area contributed by atoms with Gasteiger partial charge in [0.1, 0.15) is 11.5 Å². The molecular weight excluding hydrogens is 357 g/mol. The van der Waals surface area contributed by atoms with Crippen molar-refractivity contribution in [2.75, 3.05) is 42.9 Å². The third-order valence-corrected chi connectivity index (χ3v) is 4.90. The predicted octanol–water partition coefficient (Wildman–Crippen LogP) is 3.49. The molecule has 2 aromatic rings. The Morgan fingerprint density at radius 2 is 1.89 bits per heavy atom. The van der Waals surface area contributed by atoms with Crippen LogP contribution in [-0.2, 0) is 0 Å². The molecule has 1 aromatic carbocycles. The van der Waals surface area contributed by atoms with Crippen molar-refractivity contribution in [1.29, 1.82) is 0 Å². The van der Waals surface area contributed by atoms with Crippen LogP contribution in [0.4, 0.5) is 16.0 Å². The van der Waals surface area contributed by atoms with Gasteiger partial charge in [-0.1, -0.05) is 31.9 Å². The molecule has 3 rings (SSSR count). The molecule has 150 valence electrons. The number of amides is 1. The van der Waals surface area contributed by atoms with Crippen LogP contribution in [0.5, 0.6) is 0 Å². The quantitative estimate of drug-likeness (QED) is 0.740. The minimum absolute atomic E-state index is 0.102. The summed E-state index contributed by atoms with van der Waals surface area (Å²) >= 11 is 0. The molecule has 1 N–H and O–H groups in total. The molecule has 0 atom stereocenters. The van der Waals surface area contributed by atoms with Crippen LogP contribution in [0.25, 0.3) is 0 Å². The molecule has 28 heavy (non-hydrogen) atoms. The van der Waals surface area contributed by atoms with Crippen LogP contribution in [0, 0.1) is 12.7 Å². The number of aromatic nitrogens is 2. The summed E-state index contributed by atoms with van der Waals surface area (Å²) in [7, 11) is 0. The molecule has 1 saturated heterocycles. The average molecular weight is 385 g/mol. The Morgan fingerprint density at radius 1 is 1.14 bits per heavy atom. The van der Waals surface area contributed by atoms with Gasteiger partial charge < -0.3 is 15.1 Å². The van der Waals surface area contributed by atoms with Gasteiger partial charge in [-0.05, 0) is 31.5 Å². The van der Waals surface area contributed by atoms with Crippen molar-refractivity contribution in [2.45, 2.75) is 33.1 Å². The molecule has 0 spiro atoms. The van der Waals surface area contributed by atoms with E-state index >= 15 is 0 Å². The Morgan fingerprint density at radius 3 is 2.61 bits per heavy atom. The molecule has 6 nitrogen and oxygen atoms in total. The maximum atomic E-state index is 14.0. The third-order valence-electron chi connectivity index (χ3n) is 4.90. The van der Waals surface area contributed by atoms with Crippen LogP contribution < -0.4 is 10.2 Å². The number of nitrogens with one attached hydrogen (secondary N) is 1. The lowest BCUT2D eigenvalue weighted by Crippen LogP contribution is -2.49. The van der Waals surface area contributed by atoms with Crippen LogP contribution in [0.3, 0.4) is 0 Å². The molecule has 0 radical (unpaired) electrons. The first-order chi connectivity index (χ1) is 13.6. The molecule has 0 saturated carbocycles. The maximum Gasteiger partial charge on any atom is 0.272 e. The van der Waals surface area contributed by atoms with Crippen LogP contribution in [0.2, 0.25) is 0 Å². The first-order valence-electron chi connectivity index (χ1n) is 9.97. The van der Waals surface area contributed by atoms with E-state index in [1.54, 1.807) is 23.1 Å². The first-order valence-corrected chi connectivity index (χ1v) is 9.97. The fourth-order valence-corrected chi connectivity index (χ4v) is 3.35. The number of hydrogen-bond donors (Lipinski definition) is 1. The molecule has 7 heteroatoms. The van der Waals surface area contributed by atoms with Crippen LogP contribution in [0.1, 0.15) is 42.4 Å². The van der Waals surface area contributed by atoms with E-state index in [1.165, 1.54) is 6.07 Å². The predicted molar refractivity (Wildman–Crippen MR) is 109 cm³/mol. The number of nitrogens with zero attached hydrogens (tertiary/aromatic N) is 4. The van der Waals surface area contributed by atoms with Crippen molar-refractivity contribution >= 4 is 17.5 Å². The van der Waals surface area contributed by atoms with Crippen molar-refractivity contribution < 1.29 is 9.18 Å². The van der Waals surface area contributed by atoms with E-state index in [1.807, 2.05) is 17.9 Å². The van der Waals surface area contributed by atoms with Gasteiger partial charge in [0.25, 0.3) is 5.91 Å². The summed E-state index contributed by atoms with van der Waals surface area (Å²) < 4.78 is 14.0. The van der Waals surface area contributed by atoms with Gasteiger partial charge in [0.05, 0.1) is 5.69 Å². The second-order valence-electron chi connectivity index (χ2n) is 7.08. The Labute approximate surface area is 165 Å². The molecule has 0 bridgehead atoms. The number of hydrogen-bond acceptors (Lipinski definition) is 5. The van der Waals surface area contributed by atoms with Gasteiger partial charge in [-0.3, -0.25) is 4.79 Å². The van der Waals surface area contributed by atoms with Crippen LogP contribution in [0.15, 0.2) is 30.3 Å². The zero-order valence-electron chi connectivity index (χ0n) is 16.6. The van der Waals surface area contributed by atoms with Gasteiger partial charge in [-0.2, -0.15) is 0 Å². The molecule has 1 aromatic heterocycles. The topological polar surface area (TPSA) is 61.4 Å². The van der Waals surface area contributed by atoms with Gasteiger partial charge in [0.15, 0.2) is 0 Å². The zero-order chi connectivity index (χ0) is 19.9. The number of halogens is 1. The summed E-state index contributed by atoms with van der Waals surface area (Å²) in [5, 5.41) is 3.21. The van der Waals surface area contributed by atoms with Gasteiger partial charge in [0.2, 0.25) is 5.95 Å². The molecule has 0 unspecified atom stereocenters. The maximum absolute atomic E-state index is 14.0. The number of unbranched alkanes of at least 4 members (excludes halogenated alkanes) is 2. The minimum atomic E-state index is -0.229. The van der Waals surface area contributed by atoms with E-state index in [0.717, 1.165) is 31.5 Å². The number of aryl methyl sites for hydroxylation is 1. The molecule has 2 heterocycles. The standard InChI is InChI=1S/C21H28FN5O/c1-3-4-7-10-23-21-24-16(2)15-18(25-21)20(28)27-13-11-26(12-14-27)19-9-6-5-8-17(19)22/h5-6,8-9,15H,3-4,7,10-14H2,1-2H3,(H,23,24,25). The lowest BCUT2D eigenvalue weighted by atomic mass is 10.2. The number of carbonyl (C=O) groups excluding carboxylic acids is 1. The van der Waals surface area contributed by atoms with Gasteiger partial charge >= 0.3 is 0 Å². The summed E-state index contributed by atoms with van der Waals surface area (Å²) in [4.78, 5) is 25.4. The lowest BCUT2D eigenvalue weighted by molar-refractivity contribution is 0.0740. The van der Waals surface area contributed by atoms with Gasteiger partial charge in [0, 0.05) is 38.4 Å². The van der Waals surface area contributed by atoms with Gasteiger partial charge in [-0.15, -0.1) is 0 Å². The third kappa shape index (κ3) is 4.97. The highest BCUT2D eigenvalue weighted by atomic mass is 19.1. The average Bonchev–Trinajstić information content (AvgIpc) is 2.71. The second kappa shape index (κ2) is 9.48. The molecule has 1 fully saturated rings. The Balaban J connectivity index is 1.61. The van der Waals surface area contributed by atoms with Crippen molar-refractivity contribution in [1.82, 2.24) is 14.9 Å². The smallest absolute Gasteiger partial charge is 0.272 e. The lowest BCUT2D eigenvalue weighted by Gasteiger charge is -2.36. The molecule has 1 amide bonds. The summed E-state index contributed by atoms with van der Waals surface area (Å²) in [5.74, 6) is 0.173. The van der Waals surface area contributed by atoms with E-state index in [0.29, 0.717) is 43.5 Å². The summed E-state index contributed by atoms with van der Waals surface area (Å²) in [5.41, 5.74) is 1.76. The van der Waals surface area contributed by atoms with E-state index in [-0.39, 0.29) is 11.7 Å². The molecule has 1 aliphatic heterocycles. The number of anilines is 2. The normalized spacial score (nSPS) is 14.2. The number of benzene rings is 1. The van der Waals surface area contributed by atoms with Crippen LogP contribution in [-0.4, -0.2) is 53.5 Å². The first kappa shape index (κ1) is 20.0. The highest BCUT2D eigenvalue weighted by Gasteiger charge is 2.24. The Hall–Kier alpha value is -2.70. The van der Waals surface area contributed by atoms with E-state index in [9.17, 15) is 9.18 Å². The largest absolute Gasteiger partial charge is 0.366 e. The molecular formula is C21H28FN5O. The molecule has 1 aliphatic rings. The Kier molecular flexibility index (Phi) is 6.79. The zero-order valence-corrected chi connectivity index (χ0v) is 16.6. The summed E-state index contributed by atoms with van der Waals surface area (Å²) in [6, 6.07) is 8.48. The van der Waals surface area contributed by atoms with E-state index in [4.69, 9.17) is 0 Å². The Bertz CT molecular complexity index is 805. The highest BCUT2D eigenvalue weighted by molar-refractivity contribution is 5.92. The van der Waals surface area contributed by atoms with Crippen molar-refractivity contribution in [2.24, 2.45) is 0 Å².